The Kier molecular flexibility index (Phi) is 5.58. The number of ether oxygens (including phenoxy) is 3. The Balaban J connectivity index is 1.49. The predicted octanol–water partition coefficient (Wildman–Crippen LogP) is 4.93. The molecule has 2 bridgehead atoms. The van der Waals surface area contributed by atoms with Gasteiger partial charge in [-0.25, -0.2) is 0 Å². The lowest BCUT2D eigenvalue weighted by molar-refractivity contribution is -0.313. The molecule has 0 radical (unpaired) electrons. The zero-order valence-corrected chi connectivity index (χ0v) is 23.7. The number of aliphatic hydroxyl groups is 2. The third-order valence-corrected chi connectivity index (χ3v) is 11.6. The molecule has 5 aliphatic carbocycles. The van der Waals surface area contributed by atoms with Gasteiger partial charge in [0, 0.05) is 5.92 Å². The van der Waals surface area contributed by atoms with Gasteiger partial charge in [0.25, 0.3) is 0 Å². The van der Waals surface area contributed by atoms with E-state index in [-0.39, 0.29) is 23.2 Å². The van der Waals surface area contributed by atoms with E-state index in [1.54, 1.807) is 0 Å². The molecule has 37 heavy (non-hydrogen) atoms. The average Bonchev–Trinajstić information content (AvgIpc) is 3.32. The minimum Gasteiger partial charge on any atom is -0.454 e. The number of fused-ring (bicyclic) bond motifs is 5. The van der Waals surface area contributed by atoms with Crippen LogP contribution >= 0.6 is 0 Å². The quantitative estimate of drug-likeness (QED) is 0.402. The van der Waals surface area contributed by atoms with Crippen molar-refractivity contribution < 1.29 is 29.2 Å². The Morgan fingerprint density at radius 1 is 1.11 bits per heavy atom. The lowest BCUT2D eigenvalue weighted by atomic mass is 9.58. The van der Waals surface area contributed by atoms with Crippen LogP contribution in [-0.4, -0.2) is 52.5 Å². The number of carbonyl (C=O) groups is 1. The van der Waals surface area contributed by atoms with Crippen LogP contribution in [0.1, 0.15) is 87.0 Å². The van der Waals surface area contributed by atoms with E-state index < -0.39 is 40.5 Å². The summed E-state index contributed by atoms with van der Waals surface area (Å²) in [6, 6.07) is 0. The summed E-state index contributed by atoms with van der Waals surface area (Å²) in [7, 11) is 0. The summed E-state index contributed by atoms with van der Waals surface area (Å²) in [5.74, 6) is -0.516. The summed E-state index contributed by atoms with van der Waals surface area (Å²) in [6.07, 6.45) is 7.44. The molecule has 6 aliphatic rings. The van der Waals surface area contributed by atoms with Crippen LogP contribution in [0.5, 0.6) is 0 Å². The van der Waals surface area contributed by atoms with E-state index in [0.29, 0.717) is 18.4 Å². The molecule has 4 unspecified atom stereocenters. The van der Waals surface area contributed by atoms with Crippen LogP contribution in [0.3, 0.4) is 0 Å². The monoisotopic (exact) mass is 514 g/mol. The first kappa shape index (κ1) is 26.0. The lowest BCUT2D eigenvalue weighted by Gasteiger charge is -2.55. The van der Waals surface area contributed by atoms with Crippen LogP contribution in [0.4, 0.5) is 0 Å². The summed E-state index contributed by atoms with van der Waals surface area (Å²) >= 11 is 0. The largest absolute Gasteiger partial charge is 0.454 e. The second kappa shape index (κ2) is 7.93. The van der Waals surface area contributed by atoms with Gasteiger partial charge in [0.15, 0.2) is 11.9 Å². The molecule has 3 saturated carbocycles. The molecule has 1 aliphatic heterocycles. The Morgan fingerprint density at radius 2 is 1.78 bits per heavy atom. The van der Waals surface area contributed by atoms with Crippen molar-refractivity contribution in [3.8, 4) is 0 Å². The Labute approximate surface area is 221 Å². The maximum atomic E-state index is 13.8. The van der Waals surface area contributed by atoms with E-state index in [9.17, 15) is 15.0 Å². The number of esters is 1. The molecule has 0 aromatic carbocycles. The molecule has 0 amide bonds. The minimum absolute atomic E-state index is 0.0296. The molecule has 206 valence electrons. The van der Waals surface area contributed by atoms with Crippen molar-refractivity contribution >= 4 is 5.97 Å². The van der Waals surface area contributed by atoms with Gasteiger partial charge in [0.05, 0.1) is 23.5 Å². The molecule has 1 saturated heterocycles. The minimum atomic E-state index is -1.64. The van der Waals surface area contributed by atoms with E-state index in [1.807, 2.05) is 27.7 Å². The first-order valence-corrected chi connectivity index (χ1v) is 14.5. The fourth-order valence-corrected chi connectivity index (χ4v) is 9.39. The number of rotatable bonds is 2. The van der Waals surface area contributed by atoms with Gasteiger partial charge in [-0.05, 0) is 81.3 Å². The summed E-state index contributed by atoms with van der Waals surface area (Å²) in [5, 5.41) is 25.5. The van der Waals surface area contributed by atoms with E-state index >= 15 is 0 Å². The van der Waals surface area contributed by atoms with Crippen molar-refractivity contribution in [2.75, 3.05) is 6.61 Å². The highest BCUT2D eigenvalue weighted by atomic mass is 16.7. The molecule has 6 nitrogen and oxygen atoms in total. The molecule has 2 N–H and O–H groups in total. The van der Waals surface area contributed by atoms with Gasteiger partial charge < -0.3 is 24.4 Å². The number of hydrogen-bond donors (Lipinski definition) is 2. The zero-order chi connectivity index (χ0) is 26.8. The summed E-state index contributed by atoms with van der Waals surface area (Å²) < 4.78 is 19.0. The second-order valence-electron chi connectivity index (χ2n) is 14.6. The van der Waals surface area contributed by atoms with Gasteiger partial charge in [-0.2, -0.15) is 0 Å². The van der Waals surface area contributed by atoms with Gasteiger partial charge in [-0.3, -0.25) is 4.79 Å². The molecule has 6 rings (SSSR count). The maximum absolute atomic E-state index is 13.8. The van der Waals surface area contributed by atoms with Gasteiger partial charge in [0.1, 0.15) is 11.7 Å². The van der Waals surface area contributed by atoms with Crippen LogP contribution in [0.25, 0.3) is 0 Å². The van der Waals surface area contributed by atoms with Crippen molar-refractivity contribution in [2.24, 2.45) is 39.9 Å². The Morgan fingerprint density at radius 3 is 2.46 bits per heavy atom. The fourth-order valence-electron chi connectivity index (χ4n) is 9.39. The smallest absolute Gasteiger partial charge is 0.312 e. The molecular weight excluding hydrogens is 468 g/mol. The standard InChI is InChI=1S/C31H46O6/c1-17-15-30-18(2)13-21-22(27(21,3)4)20(23(30)32)14-19-16-35-28(5,6)37-25(19)31(30,34)24(17)36-26(33)29(7)11-9-8-10-12-29/h14-15,18,20-25,32,34H,8-13,16H2,1-7H3/t18-,20+,21-,22+,23?,24+,25?,30?,31?/m1/s1. The molecule has 6 heteroatoms. The van der Waals surface area contributed by atoms with Gasteiger partial charge in [-0.15, -0.1) is 0 Å². The molecule has 1 spiro atoms. The fraction of sp³-hybridized carbons (Fsp3) is 0.839. The molecule has 4 fully saturated rings. The van der Waals surface area contributed by atoms with Gasteiger partial charge in [-0.1, -0.05) is 52.2 Å². The predicted molar refractivity (Wildman–Crippen MR) is 139 cm³/mol. The van der Waals surface area contributed by atoms with Crippen molar-refractivity contribution in [3.63, 3.8) is 0 Å². The summed E-state index contributed by atoms with van der Waals surface area (Å²) in [4.78, 5) is 13.8. The van der Waals surface area contributed by atoms with Crippen LogP contribution < -0.4 is 0 Å². The lowest BCUT2D eigenvalue weighted by Crippen LogP contribution is -2.69. The van der Waals surface area contributed by atoms with Crippen LogP contribution in [0.15, 0.2) is 23.3 Å². The van der Waals surface area contributed by atoms with E-state index in [4.69, 9.17) is 14.2 Å². The van der Waals surface area contributed by atoms with Crippen LogP contribution in [0.2, 0.25) is 0 Å². The first-order chi connectivity index (χ1) is 17.2. The summed E-state index contributed by atoms with van der Waals surface area (Å²) in [6.45, 7) is 14.8. The normalized spacial score (nSPS) is 48.7. The SMILES string of the molecule is CC1=CC23C(O)[C@@H](C=C4COC(C)(C)OC4C2(O)[C@H]1OC(=O)C1(C)CCCCC1)[C@H]1[C@@H](C[C@H]3C)C1(C)C. The van der Waals surface area contributed by atoms with Crippen LogP contribution in [-0.2, 0) is 19.0 Å². The van der Waals surface area contributed by atoms with E-state index in [2.05, 4.69) is 32.9 Å². The van der Waals surface area contributed by atoms with Crippen molar-refractivity contribution in [2.45, 2.75) is 117 Å². The highest BCUT2D eigenvalue weighted by Gasteiger charge is 2.77. The highest BCUT2D eigenvalue weighted by Crippen LogP contribution is 2.73. The molecule has 9 atom stereocenters. The highest BCUT2D eigenvalue weighted by molar-refractivity contribution is 5.77. The Hall–Kier alpha value is -1.21. The van der Waals surface area contributed by atoms with E-state index in [1.165, 1.54) is 0 Å². The molecular formula is C31H46O6. The average molecular weight is 515 g/mol. The Bertz CT molecular complexity index is 1050. The number of carbonyl (C=O) groups excluding carboxylic acids is 1. The topological polar surface area (TPSA) is 85.2 Å². The van der Waals surface area contributed by atoms with Crippen molar-refractivity contribution in [1.29, 1.82) is 0 Å². The third kappa shape index (κ3) is 3.34. The third-order valence-electron chi connectivity index (χ3n) is 11.6. The van der Waals surface area contributed by atoms with Crippen molar-refractivity contribution in [1.82, 2.24) is 0 Å². The zero-order valence-electron chi connectivity index (χ0n) is 23.7. The molecule has 0 aromatic heterocycles. The van der Waals surface area contributed by atoms with Crippen molar-refractivity contribution in [3.05, 3.63) is 23.3 Å². The number of aliphatic hydroxyl groups excluding tert-OH is 1. The van der Waals surface area contributed by atoms with Crippen LogP contribution in [0, 0.1) is 39.9 Å². The molecule has 1 heterocycles. The summed E-state index contributed by atoms with van der Waals surface area (Å²) in [5.41, 5.74) is -1.39. The first-order valence-electron chi connectivity index (χ1n) is 14.5. The van der Waals surface area contributed by atoms with E-state index in [0.717, 1.165) is 49.7 Å². The van der Waals surface area contributed by atoms with Gasteiger partial charge in [0.2, 0.25) is 0 Å². The van der Waals surface area contributed by atoms with Gasteiger partial charge >= 0.3 is 5.97 Å². The second-order valence-corrected chi connectivity index (χ2v) is 14.6. The molecule has 0 aromatic rings. The maximum Gasteiger partial charge on any atom is 0.312 e. The number of hydrogen-bond acceptors (Lipinski definition) is 6.